The average molecular weight is 346 g/mol. The molecule has 1 unspecified atom stereocenters. The van der Waals surface area contributed by atoms with Crippen molar-refractivity contribution in [1.29, 1.82) is 0 Å². The number of aromatic nitrogens is 1. The number of amides is 1. The number of carbonyl (C=O) groups excluding carboxylic acids is 1. The number of thioether (sulfide) groups is 1. The van der Waals surface area contributed by atoms with Gasteiger partial charge in [0, 0.05) is 17.0 Å². The number of carbonyl (C=O) groups is 1. The maximum atomic E-state index is 13.1. The maximum absolute atomic E-state index is 13.1. The van der Waals surface area contributed by atoms with E-state index in [-0.39, 0.29) is 23.2 Å². The Morgan fingerprint density at radius 3 is 2.21 bits per heavy atom. The van der Waals surface area contributed by atoms with Crippen LogP contribution in [0.15, 0.2) is 39.8 Å². The molecule has 0 N–H and O–H groups in total. The Morgan fingerprint density at radius 1 is 1.08 bits per heavy atom. The van der Waals surface area contributed by atoms with Crippen molar-refractivity contribution in [3.8, 4) is 0 Å². The number of benzene rings is 1. The van der Waals surface area contributed by atoms with Crippen LogP contribution in [0.25, 0.3) is 0 Å². The molecule has 0 spiro atoms. The molecule has 0 aliphatic heterocycles. The van der Waals surface area contributed by atoms with E-state index >= 15 is 0 Å². The predicted molar refractivity (Wildman–Crippen MR) is 98.4 cm³/mol. The third-order valence-corrected chi connectivity index (χ3v) is 4.99. The molecule has 0 aliphatic carbocycles. The highest BCUT2D eigenvalue weighted by Gasteiger charge is 2.30. The van der Waals surface area contributed by atoms with Gasteiger partial charge in [-0.05, 0) is 53.7 Å². The van der Waals surface area contributed by atoms with Gasteiger partial charge in [-0.3, -0.25) is 4.79 Å². The number of hydrogen-bond donors (Lipinski definition) is 0. The Balaban J connectivity index is 2.32. The number of rotatable bonds is 6. The van der Waals surface area contributed by atoms with Crippen molar-refractivity contribution in [3.63, 3.8) is 0 Å². The van der Waals surface area contributed by atoms with E-state index < -0.39 is 0 Å². The average Bonchev–Trinajstić information content (AvgIpc) is 2.89. The van der Waals surface area contributed by atoms with Crippen LogP contribution in [-0.2, 0) is 0 Å². The summed E-state index contributed by atoms with van der Waals surface area (Å²) >= 11 is 1.67. The summed E-state index contributed by atoms with van der Waals surface area (Å²) in [5.41, 5.74) is 1.26. The van der Waals surface area contributed by atoms with E-state index in [1.807, 2.05) is 64.6 Å². The lowest BCUT2D eigenvalue weighted by molar-refractivity contribution is 0.0640. The summed E-state index contributed by atoms with van der Waals surface area (Å²) in [4.78, 5) is 16.1. The van der Waals surface area contributed by atoms with Gasteiger partial charge >= 0.3 is 0 Å². The first-order valence-corrected chi connectivity index (χ1v) is 9.21. The summed E-state index contributed by atoms with van der Waals surface area (Å²) in [6.45, 7) is 12.0. The second kappa shape index (κ2) is 7.88. The molecule has 2 aromatic rings. The first-order chi connectivity index (χ1) is 11.3. The lowest BCUT2D eigenvalue weighted by Crippen LogP contribution is -2.42. The first-order valence-electron chi connectivity index (χ1n) is 8.33. The van der Waals surface area contributed by atoms with E-state index in [9.17, 15) is 4.79 Å². The molecule has 0 aliphatic rings. The van der Waals surface area contributed by atoms with E-state index in [4.69, 9.17) is 4.52 Å². The van der Waals surface area contributed by atoms with Crippen LogP contribution in [0.2, 0.25) is 0 Å². The summed E-state index contributed by atoms with van der Waals surface area (Å²) in [6.07, 6.45) is 0. The maximum Gasteiger partial charge on any atom is 0.259 e. The molecule has 24 heavy (non-hydrogen) atoms. The van der Waals surface area contributed by atoms with Gasteiger partial charge in [-0.25, -0.2) is 0 Å². The van der Waals surface area contributed by atoms with Crippen LogP contribution < -0.4 is 0 Å². The Kier molecular flexibility index (Phi) is 6.10. The predicted octanol–water partition coefficient (Wildman–Crippen LogP) is 5.10. The summed E-state index contributed by atoms with van der Waals surface area (Å²) < 4.78 is 5.54. The van der Waals surface area contributed by atoms with Gasteiger partial charge in [-0.2, -0.15) is 0 Å². The zero-order valence-corrected chi connectivity index (χ0v) is 16.1. The zero-order chi connectivity index (χ0) is 17.9. The molecule has 1 amide bonds. The molecule has 0 saturated heterocycles. The molecule has 130 valence electrons. The lowest BCUT2D eigenvalue weighted by atomic mass is 10.1. The van der Waals surface area contributed by atoms with E-state index in [0.29, 0.717) is 17.0 Å². The van der Waals surface area contributed by atoms with Gasteiger partial charge in [-0.1, -0.05) is 23.4 Å². The van der Waals surface area contributed by atoms with Crippen molar-refractivity contribution in [3.05, 3.63) is 47.3 Å². The zero-order valence-electron chi connectivity index (χ0n) is 15.2. The largest absolute Gasteiger partial charge is 0.359 e. The fraction of sp³-hybridized carbons (Fsp3) is 0.474. The fourth-order valence-electron chi connectivity index (χ4n) is 2.88. The minimum atomic E-state index is -0.00531. The van der Waals surface area contributed by atoms with Crippen molar-refractivity contribution in [1.82, 2.24) is 10.1 Å². The van der Waals surface area contributed by atoms with Crippen LogP contribution in [0, 0.1) is 6.92 Å². The molecule has 0 fully saturated rings. The van der Waals surface area contributed by atoms with Crippen molar-refractivity contribution in [2.75, 3.05) is 0 Å². The Labute approximate surface area is 148 Å². The van der Waals surface area contributed by atoms with E-state index in [2.05, 4.69) is 17.3 Å². The minimum absolute atomic E-state index is 0.00531. The molecule has 5 heteroatoms. The molecular formula is C19H26N2O2S. The molecule has 0 bridgehead atoms. The normalized spacial score (nSPS) is 12.7. The van der Waals surface area contributed by atoms with E-state index in [1.165, 1.54) is 0 Å². The van der Waals surface area contributed by atoms with E-state index in [1.54, 1.807) is 11.8 Å². The summed E-state index contributed by atoms with van der Waals surface area (Å²) in [6, 6.07) is 10.4. The topological polar surface area (TPSA) is 46.3 Å². The second-order valence-corrected chi connectivity index (χ2v) is 7.89. The Bertz CT molecular complexity index is 672. The molecule has 1 aromatic carbocycles. The molecule has 0 radical (unpaired) electrons. The summed E-state index contributed by atoms with van der Waals surface area (Å²) in [5.74, 6) is 0.645. The molecule has 0 saturated carbocycles. The van der Waals surface area contributed by atoms with Crippen molar-refractivity contribution < 1.29 is 9.32 Å². The van der Waals surface area contributed by atoms with Gasteiger partial charge in [-0.15, -0.1) is 11.8 Å². The second-order valence-electron chi connectivity index (χ2n) is 6.48. The van der Waals surface area contributed by atoms with Crippen LogP contribution in [0.1, 0.15) is 61.7 Å². The van der Waals surface area contributed by atoms with Crippen molar-refractivity contribution in [2.24, 2.45) is 0 Å². The van der Waals surface area contributed by atoms with Gasteiger partial charge in [0.1, 0.15) is 5.56 Å². The molecule has 1 aromatic heterocycles. The van der Waals surface area contributed by atoms with Gasteiger partial charge < -0.3 is 9.42 Å². The monoisotopic (exact) mass is 346 g/mol. The van der Waals surface area contributed by atoms with Crippen molar-refractivity contribution in [2.45, 2.75) is 63.8 Å². The molecule has 2 rings (SSSR count). The quantitative estimate of drug-likeness (QED) is 0.683. The highest BCUT2D eigenvalue weighted by Crippen LogP contribution is 2.37. The lowest BCUT2D eigenvalue weighted by Gasteiger charge is -2.31. The molecular weight excluding hydrogens is 320 g/mol. The molecule has 1 atom stereocenters. The third kappa shape index (κ3) is 4.01. The SMILES string of the molecule is Cc1noc(C(C)Sc2ccccc2)c1C(=O)N(C(C)C)C(C)C. The third-order valence-electron chi connectivity index (χ3n) is 3.88. The van der Waals surface area contributed by atoms with E-state index in [0.717, 1.165) is 4.90 Å². The number of aryl methyl sites for hydroxylation is 1. The highest BCUT2D eigenvalue weighted by molar-refractivity contribution is 7.99. The Morgan fingerprint density at radius 2 is 1.67 bits per heavy atom. The van der Waals surface area contributed by atoms with Gasteiger partial charge in [0.2, 0.25) is 0 Å². The molecule has 4 nitrogen and oxygen atoms in total. The number of nitrogens with zero attached hydrogens (tertiary/aromatic N) is 2. The highest BCUT2D eigenvalue weighted by atomic mass is 32.2. The summed E-state index contributed by atoms with van der Waals surface area (Å²) in [5, 5.41) is 4.07. The number of hydrogen-bond acceptors (Lipinski definition) is 4. The first kappa shape index (κ1) is 18.6. The molecule has 1 heterocycles. The van der Waals surface area contributed by atoms with Gasteiger partial charge in [0.05, 0.1) is 10.9 Å². The van der Waals surface area contributed by atoms with Crippen LogP contribution in [0.5, 0.6) is 0 Å². The minimum Gasteiger partial charge on any atom is -0.359 e. The smallest absolute Gasteiger partial charge is 0.259 e. The Hall–Kier alpha value is -1.75. The van der Waals surface area contributed by atoms with Crippen LogP contribution in [0.3, 0.4) is 0 Å². The van der Waals surface area contributed by atoms with Crippen molar-refractivity contribution >= 4 is 17.7 Å². The van der Waals surface area contributed by atoms with Crippen LogP contribution >= 0.6 is 11.8 Å². The van der Waals surface area contributed by atoms with Crippen LogP contribution in [0.4, 0.5) is 0 Å². The van der Waals surface area contributed by atoms with Gasteiger partial charge in [0.25, 0.3) is 5.91 Å². The standard InChI is InChI=1S/C19H26N2O2S/c1-12(2)21(13(3)4)19(22)17-14(5)20-23-18(17)15(6)24-16-10-8-7-9-11-16/h7-13,15H,1-6H3. The summed E-state index contributed by atoms with van der Waals surface area (Å²) in [7, 11) is 0. The van der Waals surface area contributed by atoms with Crippen LogP contribution in [-0.4, -0.2) is 28.0 Å². The fourth-order valence-corrected chi connectivity index (χ4v) is 3.87. The van der Waals surface area contributed by atoms with Gasteiger partial charge in [0.15, 0.2) is 5.76 Å².